The minimum atomic E-state index is -0.116. The molecule has 0 bridgehead atoms. The van der Waals surface area contributed by atoms with Crippen LogP contribution in [0.2, 0.25) is 0 Å². The molecule has 5 nitrogen and oxygen atoms in total. The van der Waals surface area contributed by atoms with Gasteiger partial charge in [0.25, 0.3) is 5.56 Å². The summed E-state index contributed by atoms with van der Waals surface area (Å²) in [6.07, 6.45) is 5.43. The molecule has 5 heteroatoms. The lowest BCUT2D eigenvalue weighted by Gasteiger charge is -2.03. The molecule has 1 saturated heterocycles. The summed E-state index contributed by atoms with van der Waals surface area (Å²) in [4.78, 5) is 14.1. The Morgan fingerprint density at radius 2 is 2.53 bits per heavy atom. The number of hydrogen-bond donors (Lipinski definition) is 1. The van der Waals surface area contributed by atoms with Gasteiger partial charge in [0.1, 0.15) is 11.6 Å². The summed E-state index contributed by atoms with van der Waals surface area (Å²) in [5, 5.41) is 4.33. The van der Waals surface area contributed by atoms with Gasteiger partial charge in [0.05, 0.1) is 5.69 Å². The van der Waals surface area contributed by atoms with Crippen LogP contribution in [0.4, 0.5) is 0 Å². The van der Waals surface area contributed by atoms with Crippen LogP contribution < -0.4 is 5.56 Å². The van der Waals surface area contributed by atoms with Gasteiger partial charge in [-0.1, -0.05) is 0 Å². The molecule has 1 aliphatic heterocycles. The third-order valence-electron chi connectivity index (χ3n) is 2.68. The second-order valence-corrected chi connectivity index (χ2v) is 3.69. The maximum Gasteiger partial charge on any atom is 0.273 e. The average molecular weight is 205 g/mol. The molecular formula is C10H11N3O2. The molecule has 1 atom stereocenters. The molecule has 3 heterocycles. The fourth-order valence-electron chi connectivity index (χ4n) is 1.92. The molecule has 1 fully saturated rings. The van der Waals surface area contributed by atoms with Crippen LogP contribution in [0.5, 0.6) is 0 Å². The van der Waals surface area contributed by atoms with Crippen LogP contribution in [0.15, 0.2) is 23.3 Å². The van der Waals surface area contributed by atoms with E-state index in [1.165, 1.54) is 0 Å². The van der Waals surface area contributed by atoms with Gasteiger partial charge in [0.2, 0.25) is 0 Å². The van der Waals surface area contributed by atoms with Gasteiger partial charge in [-0.2, -0.15) is 5.10 Å². The zero-order chi connectivity index (χ0) is 10.3. The van der Waals surface area contributed by atoms with E-state index in [2.05, 4.69) is 10.1 Å². The van der Waals surface area contributed by atoms with Crippen molar-refractivity contribution < 1.29 is 4.74 Å². The van der Waals surface area contributed by atoms with E-state index < -0.39 is 0 Å². The molecule has 15 heavy (non-hydrogen) atoms. The number of H-pyrrole nitrogens is 1. The van der Waals surface area contributed by atoms with Crippen molar-refractivity contribution in [2.24, 2.45) is 0 Å². The highest BCUT2D eigenvalue weighted by Gasteiger charge is 2.20. The van der Waals surface area contributed by atoms with Crippen LogP contribution in [0.3, 0.4) is 0 Å². The summed E-state index contributed by atoms with van der Waals surface area (Å²) in [5.41, 5.74) is 1.31. The summed E-state index contributed by atoms with van der Waals surface area (Å²) in [6.45, 7) is 0.787. The van der Waals surface area contributed by atoms with Crippen molar-refractivity contribution in [2.75, 3.05) is 6.61 Å². The number of fused-ring (bicyclic) bond motifs is 1. The van der Waals surface area contributed by atoms with E-state index in [0.717, 1.165) is 25.1 Å². The molecule has 0 unspecified atom stereocenters. The number of nitrogens with zero attached hydrogens (tertiary/aromatic N) is 2. The van der Waals surface area contributed by atoms with Crippen molar-refractivity contribution in [3.8, 4) is 0 Å². The molecular weight excluding hydrogens is 194 g/mol. The highest BCUT2D eigenvalue weighted by Crippen LogP contribution is 2.27. The summed E-state index contributed by atoms with van der Waals surface area (Å²) in [5.74, 6) is 0. The molecule has 0 spiro atoms. The van der Waals surface area contributed by atoms with Crippen molar-refractivity contribution in [3.05, 3.63) is 34.5 Å². The molecule has 0 amide bonds. The fourth-order valence-corrected chi connectivity index (χ4v) is 1.92. The molecule has 78 valence electrons. The normalized spacial score (nSPS) is 21.2. The first-order valence-corrected chi connectivity index (χ1v) is 5.03. The van der Waals surface area contributed by atoms with E-state index >= 15 is 0 Å². The van der Waals surface area contributed by atoms with Gasteiger partial charge in [0.15, 0.2) is 0 Å². The van der Waals surface area contributed by atoms with Crippen LogP contribution in [-0.4, -0.2) is 21.2 Å². The Kier molecular flexibility index (Phi) is 1.85. The van der Waals surface area contributed by atoms with Crippen molar-refractivity contribution in [2.45, 2.75) is 18.9 Å². The van der Waals surface area contributed by atoms with Gasteiger partial charge in [0, 0.05) is 19.0 Å². The molecule has 0 aromatic carbocycles. The number of ether oxygens (including phenoxy) is 1. The second kappa shape index (κ2) is 3.20. The fraction of sp³-hybridized carbons (Fsp3) is 0.400. The van der Waals surface area contributed by atoms with Gasteiger partial charge >= 0.3 is 0 Å². The summed E-state index contributed by atoms with van der Waals surface area (Å²) in [7, 11) is 0. The Bertz CT molecular complexity index is 537. The van der Waals surface area contributed by atoms with E-state index in [1.54, 1.807) is 23.0 Å². The number of aromatic nitrogens is 3. The second-order valence-electron chi connectivity index (χ2n) is 3.69. The summed E-state index contributed by atoms with van der Waals surface area (Å²) < 4.78 is 7.11. The van der Waals surface area contributed by atoms with E-state index in [-0.39, 0.29) is 11.7 Å². The quantitative estimate of drug-likeness (QED) is 0.751. The molecule has 1 N–H and O–H groups in total. The average Bonchev–Trinajstić information content (AvgIpc) is 2.86. The highest BCUT2D eigenvalue weighted by atomic mass is 16.5. The minimum Gasteiger partial charge on any atom is -0.372 e. The lowest BCUT2D eigenvalue weighted by molar-refractivity contribution is 0.108. The van der Waals surface area contributed by atoms with Gasteiger partial charge < -0.3 is 9.72 Å². The van der Waals surface area contributed by atoms with E-state index in [0.29, 0.717) is 5.52 Å². The van der Waals surface area contributed by atoms with Crippen molar-refractivity contribution in [3.63, 3.8) is 0 Å². The zero-order valence-electron chi connectivity index (χ0n) is 8.14. The molecule has 1 aliphatic rings. The van der Waals surface area contributed by atoms with Crippen LogP contribution >= 0.6 is 0 Å². The SMILES string of the molecule is O=c1[nH]ccn2nc([C@H]3CCCO3)cc12. The van der Waals surface area contributed by atoms with Crippen LogP contribution in [-0.2, 0) is 4.74 Å². The van der Waals surface area contributed by atoms with Crippen molar-refractivity contribution in [1.82, 2.24) is 14.6 Å². The first kappa shape index (κ1) is 8.67. The Labute approximate surface area is 85.7 Å². The Hall–Kier alpha value is -1.62. The molecule has 0 aliphatic carbocycles. The van der Waals surface area contributed by atoms with Gasteiger partial charge in [-0.05, 0) is 18.9 Å². The molecule has 2 aromatic rings. The van der Waals surface area contributed by atoms with Gasteiger partial charge in [-0.25, -0.2) is 4.52 Å². The maximum absolute atomic E-state index is 11.4. The first-order valence-electron chi connectivity index (χ1n) is 5.03. The van der Waals surface area contributed by atoms with E-state index in [1.807, 2.05) is 0 Å². The smallest absolute Gasteiger partial charge is 0.273 e. The zero-order valence-corrected chi connectivity index (χ0v) is 8.14. The molecule has 0 radical (unpaired) electrons. The highest BCUT2D eigenvalue weighted by molar-refractivity contribution is 5.45. The topological polar surface area (TPSA) is 59.4 Å². The first-order chi connectivity index (χ1) is 7.34. The standard InChI is InChI=1S/C10H11N3O2/c14-10-8-6-7(9-2-1-5-15-9)12-13(8)4-3-11-10/h3-4,6,9H,1-2,5H2,(H,11,14)/t9-/m1/s1. The summed E-state index contributed by atoms with van der Waals surface area (Å²) >= 11 is 0. The largest absolute Gasteiger partial charge is 0.372 e. The molecule has 0 saturated carbocycles. The van der Waals surface area contributed by atoms with E-state index in [4.69, 9.17) is 4.74 Å². The Morgan fingerprint density at radius 3 is 3.27 bits per heavy atom. The maximum atomic E-state index is 11.4. The number of aromatic amines is 1. The van der Waals surface area contributed by atoms with Crippen LogP contribution in [0.1, 0.15) is 24.6 Å². The lowest BCUT2D eigenvalue weighted by atomic mass is 10.2. The third-order valence-corrected chi connectivity index (χ3v) is 2.68. The molecule has 3 rings (SSSR count). The summed E-state index contributed by atoms with van der Waals surface area (Å²) in [6, 6.07) is 1.80. The lowest BCUT2D eigenvalue weighted by Crippen LogP contribution is -2.07. The number of rotatable bonds is 1. The third kappa shape index (κ3) is 1.35. The molecule has 2 aromatic heterocycles. The van der Waals surface area contributed by atoms with E-state index in [9.17, 15) is 4.79 Å². The van der Waals surface area contributed by atoms with Crippen molar-refractivity contribution >= 4 is 5.52 Å². The predicted molar refractivity (Wildman–Crippen MR) is 53.7 cm³/mol. The monoisotopic (exact) mass is 205 g/mol. The van der Waals surface area contributed by atoms with Crippen molar-refractivity contribution in [1.29, 1.82) is 0 Å². The number of nitrogens with one attached hydrogen (secondary N) is 1. The van der Waals surface area contributed by atoms with Gasteiger partial charge in [-0.15, -0.1) is 0 Å². The predicted octanol–water partition coefficient (Wildman–Crippen LogP) is 0.874. The Morgan fingerprint density at radius 1 is 1.60 bits per heavy atom. The van der Waals surface area contributed by atoms with Gasteiger partial charge in [-0.3, -0.25) is 4.79 Å². The van der Waals surface area contributed by atoms with Crippen LogP contribution in [0, 0.1) is 0 Å². The Balaban J connectivity index is 2.13. The minimum absolute atomic E-state index is 0.0595. The number of hydrogen-bond acceptors (Lipinski definition) is 3. The van der Waals surface area contributed by atoms with Crippen LogP contribution in [0.25, 0.3) is 5.52 Å².